The number of anilines is 1. The van der Waals surface area contributed by atoms with Crippen LogP contribution < -0.4 is 10.2 Å². The van der Waals surface area contributed by atoms with Crippen molar-refractivity contribution in [2.45, 2.75) is 13.1 Å². The molecule has 1 aliphatic heterocycles. The number of nitrogens with zero attached hydrogens (tertiary/aromatic N) is 1. The van der Waals surface area contributed by atoms with Crippen molar-refractivity contribution < 1.29 is 8.78 Å². The highest BCUT2D eigenvalue weighted by Crippen LogP contribution is 2.24. The maximum Gasteiger partial charge on any atom is 0.131 e. The number of para-hydroxylation sites is 1. The van der Waals surface area contributed by atoms with Gasteiger partial charge in [-0.15, -0.1) is 12.4 Å². The summed E-state index contributed by atoms with van der Waals surface area (Å²) in [5.74, 6) is -1.02. The van der Waals surface area contributed by atoms with Crippen molar-refractivity contribution in [2.75, 3.05) is 18.0 Å². The van der Waals surface area contributed by atoms with Crippen LogP contribution in [-0.2, 0) is 13.1 Å². The molecule has 1 heterocycles. The largest absolute Gasteiger partial charge is 0.366 e. The van der Waals surface area contributed by atoms with Crippen LogP contribution in [0.4, 0.5) is 14.5 Å². The van der Waals surface area contributed by atoms with Crippen molar-refractivity contribution in [1.29, 1.82) is 0 Å². The zero-order chi connectivity index (χ0) is 13.9. The molecule has 2 nitrogen and oxygen atoms in total. The third-order valence-corrected chi connectivity index (χ3v) is 3.58. The number of benzene rings is 2. The van der Waals surface area contributed by atoms with Gasteiger partial charge in [0, 0.05) is 43.5 Å². The molecule has 5 heteroatoms. The molecule has 3 rings (SSSR count). The molecule has 0 radical (unpaired) electrons. The SMILES string of the molecule is Cl.Fc1ccc(CN2CCNCc3ccccc32)c(F)c1. The Morgan fingerprint density at radius 2 is 1.90 bits per heavy atom. The first kappa shape index (κ1) is 15.7. The highest BCUT2D eigenvalue weighted by molar-refractivity contribution is 5.85. The molecule has 2 aromatic carbocycles. The molecule has 0 spiro atoms. The lowest BCUT2D eigenvalue weighted by molar-refractivity contribution is 0.568. The molecular weight excluding hydrogens is 294 g/mol. The Labute approximate surface area is 129 Å². The summed E-state index contributed by atoms with van der Waals surface area (Å²) in [5.41, 5.74) is 2.83. The monoisotopic (exact) mass is 310 g/mol. The summed E-state index contributed by atoms with van der Waals surface area (Å²) < 4.78 is 26.8. The van der Waals surface area contributed by atoms with Gasteiger partial charge in [0.15, 0.2) is 0 Å². The van der Waals surface area contributed by atoms with Crippen molar-refractivity contribution in [2.24, 2.45) is 0 Å². The van der Waals surface area contributed by atoms with Crippen LogP contribution in [0, 0.1) is 11.6 Å². The van der Waals surface area contributed by atoms with Gasteiger partial charge in [0.1, 0.15) is 11.6 Å². The zero-order valence-corrected chi connectivity index (χ0v) is 12.3. The molecule has 0 aliphatic carbocycles. The number of hydrogen-bond donors (Lipinski definition) is 1. The average Bonchev–Trinajstić information content (AvgIpc) is 2.65. The molecule has 0 bridgehead atoms. The molecule has 2 aromatic rings. The summed E-state index contributed by atoms with van der Waals surface area (Å²) in [5, 5.41) is 3.35. The first-order valence-electron chi connectivity index (χ1n) is 6.71. The van der Waals surface area contributed by atoms with E-state index in [-0.39, 0.29) is 12.4 Å². The summed E-state index contributed by atoms with van der Waals surface area (Å²) in [6.07, 6.45) is 0. The first-order chi connectivity index (χ1) is 9.74. The fourth-order valence-corrected chi connectivity index (χ4v) is 2.55. The van der Waals surface area contributed by atoms with Crippen molar-refractivity contribution in [3.8, 4) is 0 Å². The predicted molar refractivity (Wildman–Crippen MR) is 82.8 cm³/mol. The van der Waals surface area contributed by atoms with Gasteiger partial charge in [-0.05, 0) is 17.7 Å². The summed E-state index contributed by atoms with van der Waals surface area (Å²) in [4.78, 5) is 2.13. The first-order valence-corrected chi connectivity index (χ1v) is 6.71. The minimum absolute atomic E-state index is 0. The van der Waals surface area contributed by atoms with E-state index in [1.54, 1.807) is 0 Å². The molecule has 1 N–H and O–H groups in total. The standard InChI is InChI=1S/C16H16F2N2.ClH/c17-14-6-5-13(15(18)9-14)11-20-8-7-19-10-12-3-1-2-4-16(12)20;/h1-6,9,19H,7-8,10-11H2;1H. The normalized spacial score (nSPS) is 14.1. The molecule has 0 fully saturated rings. The van der Waals surface area contributed by atoms with Crippen LogP contribution in [0.1, 0.15) is 11.1 Å². The van der Waals surface area contributed by atoms with Gasteiger partial charge in [0.25, 0.3) is 0 Å². The summed E-state index contributed by atoms with van der Waals surface area (Å²) in [6, 6.07) is 11.9. The van der Waals surface area contributed by atoms with Crippen LogP contribution in [0.2, 0.25) is 0 Å². The minimum Gasteiger partial charge on any atom is -0.366 e. The van der Waals surface area contributed by atoms with Gasteiger partial charge in [0.05, 0.1) is 0 Å². The van der Waals surface area contributed by atoms with E-state index in [4.69, 9.17) is 0 Å². The van der Waals surface area contributed by atoms with Crippen molar-refractivity contribution in [3.63, 3.8) is 0 Å². The maximum atomic E-state index is 13.8. The lowest BCUT2D eigenvalue weighted by Crippen LogP contribution is -2.28. The zero-order valence-electron chi connectivity index (χ0n) is 11.5. The Hall–Kier alpha value is -1.65. The number of nitrogens with one attached hydrogen (secondary N) is 1. The highest BCUT2D eigenvalue weighted by atomic mass is 35.5. The van der Waals surface area contributed by atoms with Crippen LogP contribution in [0.3, 0.4) is 0 Å². The van der Waals surface area contributed by atoms with E-state index in [2.05, 4.69) is 16.3 Å². The smallest absolute Gasteiger partial charge is 0.131 e. The molecule has 0 atom stereocenters. The minimum atomic E-state index is -0.538. The topological polar surface area (TPSA) is 15.3 Å². The average molecular weight is 311 g/mol. The van der Waals surface area contributed by atoms with Gasteiger partial charge in [-0.2, -0.15) is 0 Å². The quantitative estimate of drug-likeness (QED) is 0.913. The Morgan fingerprint density at radius 3 is 2.71 bits per heavy atom. The predicted octanol–water partition coefficient (Wildman–Crippen LogP) is 3.50. The Balaban J connectivity index is 0.00000161. The van der Waals surface area contributed by atoms with E-state index in [1.807, 2.05) is 18.2 Å². The molecule has 0 aromatic heterocycles. The maximum absolute atomic E-state index is 13.8. The Kier molecular flexibility index (Phi) is 5.15. The van der Waals surface area contributed by atoms with E-state index in [0.717, 1.165) is 31.4 Å². The molecule has 21 heavy (non-hydrogen) atoms. The number of hydrogen-bond acceptors (Lipinski definition) is 2. The molecule has 0 amide bonds. The van der Waals surface area contributed by atoms with Gasteiger partial charge >= 0.3 is 0 Å². The molecule has 0 unspecified atom stereocenters. The van der Waals surface area contributed by atoms with Gasteiger partial charge in [-0.25, -0.2) is 8.78 Å². The third kappa shape index (κ3) is 3.52. The fourth-order valence-electron chi connectivity index (χ4n) is 2.55. The fraction of sp³-hybridized carbons (Fsp3) is 0.250. The lowest BCUT2D eigenvalue weighted by Gasteiger charge is -2.24. The van der Waals surface area contributed by atoms with Crippen molar-refractivity contribution in [1.82, 2.24) is 5.32 Å². The number of fused-ring (bicyclic) bond motifs is 1. The van der Waals surface area contributed by atoms with Crippen LogP contribution >= 0.6 is 12.4 Å². The summed E-state index contributed by atoms with van der Waals surface area (Å²) >= 11 is 0. The van der Waals surface area contributed by atoms with E-state index < -0.39 is 11.6 Å². The van der Waals surface area contributed by atoms with E-state index in [1.165, 1.54) is 17.7 Å². The van der Waals surface area contributed by atoms with Gasteiger partial charge in [0.2, 0.25) is 0 Å². The summed E-state index contributed by atoms with van der Waals surface area (Å²) in [6.45, 7) is 2.91. The molecule has 0 saturated carbocycles. The van der Waals surface area contributed by atoms with Crippen molar-refractivity contribution in [3.05, 3.63) is 65.2 Å². The third-order valence-electron chi connectivity index (χ3n) is 3.58. The number of rotatable bonds is 2. The lowest BCUT2D eigenvalue weighted by atomic mass is 10.1. The van der Waals surface area contributed by atoms with E-state index in [9.17, 15) is 8.78 Å². The molecule has 112 valence electrons. The van der Waals surface area contributed by atoms with E-state index >= 15 is 0 Å². The van der Waals surface area contributed by atoms with Crippen LogP contribution in [0.25, 0.3) is 0 Å². The Morgan fingerprint density at radius 1 is 1.10 bits per heavy atom. The van der Waals surface area contributed by atoms with E-state index in [0.29, 0.717) is 12.1 Å². The summed E-state index contributed by atoms with van der Waals surface area (Å²) in [7, 11) is 0. The van der Waals surface area contributed by atoms with Crippen molar-refractivity contribution >= 4 is 18.1 Å². The van der Waals surface area contributed by atoms with Gasteiger partial charge < -0.3 is 10.2 Å². The molecule has 1 aliphatic rings. The molecule has 0 saturated heterocycles. The van der Waals surface area contributed by atoms with Gasteiger partial charge in [-0.1, -0.05) is 24.3 Å². The Bertz CT molecular complexity index is 619. The van der Waals surface area contributed by atoms with Crippen LogP contribution in [-0.4, -0.2) is 13.1 Å². The van der Waals surface area contributed by atoms with Gasteiger partial charge in [-0.3, -0.25) is 0 Å². The van der Waals surface area contributed by atoms with Crippen LogP contribution in [0.5, 0.6) is 0 Å². The second kappa shape index (κ2) is 6.87. The second-order valence-corrected chi connectivity index (χ2v) is 4.96. The van der Waals surface area contributed by atoms with Crippen LogP contribution in [0.15, 0.2) is 42.5 Å². The molecular formula is C16H17ClF2N2. The highest BCUT2D eigenvalue weighted by Gasteiger charge is 2.16. The number of halogens is 3. The second-order valence-electron chi connectivity index (χ2n) is 4.96.